The molecule has 0 aliphatic heterocycles. The van der Waals surface area contributed by atoms with Crippen LogP contribution < -0.4 is 10.0 Å². The van der Waals surface area contributed by atoms with E-state index in [0.29, 0.717) is 12.1 Å². The number of aliphatic carboxylic acids is 1. The molecular weight excluding hydrogens is 296 g/mol. The maximum absolute atomic E-state index is 11.7. The molecule has 0 heterocycles. The fourth-order valence-corrected chi connectivity index (χ4v) is 2.55. The number of carboxylic acid groups (broad SMARTS) is 1. The molecule has 0 saturated heterocycles. The van der Waals surface area contributed by atoms with Crippen molar-refractivity contribution in [3.8, 4) is 0 Å². The zero-order chi connectivity index (χ0) is 15.6. The topological polar surface area (TPSA) is 113 Å². The number of nitrogens with one attached hydrogen (secondary N) is 2. The Hall–Kier alpha value is -2.09. The Morgan fingerprint density at radius 3 is 2.33 bits per heavy atom. The summed E-state index contributed by atoms with van der Waals surface area (Å²) in [5.41, 5.74) is 1.25. The van der Waals surface area contributed by atoms with Gasteiger partial charge in [-0.3, -0.25) is 14.3 Å². The Kier molecular flexibility index (Phi) is 4.17. The fraction of sp³-hybridized carbons (Fsp3) is 0.385. The molecule has 1 aromatic rings. The lowest BCUT2D eigenvalue weighted by atomic mass is 10.2. The smallest absolute Gasteiger partial charge is 0.307 e. The number of hydrogen-bond acceptors (Lipinski definition) is 4. The largest absolute Gasteiger partial charge is 0.481 e. The van der Waals surface area contributed by atoms with Gasteiger partial charge in [-0.1, -0.05) is 12.1 Å². The summed E-state index contributed by atoms with van der Waals surface area (Å²) in [6.45, 7) is 0.279. The van der Waals surface area contributed by atoms with Crippen LogP contribution in [0.2, 0.25) is 0 Å². The van der Waals surface area contributed by atoms with Crippen LogP contribution in [0, 0.1) is 11.8 Å². The van der Waals surface area contributed by atoms with Crippen molar-refractivity contribution in [1.29, 1.82) is 0 Å². The van der Waals surface area contributed by atoms with Gasteiger partial charge in [0.25, 0.3) is 0 Å². The van der Waals surface area contributed by atoms with E-state index in [1.165, 1.54) is 0 Å². The molecule has 7 nitrogen and oxygen atoms in total. The molecule has 0 bridgehead atoms. The van der Waals surface area contributed by atoms with Crippen LogP contribution >= 0.6 is 0 Å². The molecule has 1 aliphatic carbocycles. The molecule has 3 N–H and O–H groups in total. The lowest BCUT2D eigenvalue weighted by Gasteiger charge is -2.07. The minimum absolute atomic E-state index is 0.263. The highest BCUT2D eigenvalue weighted by molar-refractivity contribution is 7.92. The normalized spacial score (nSPS) is 20.6. The summed E-state index contributed by atoms with van der Waals surface area (Å²) in [6.07, 6.45) is 1.45. The second-order valence-corrected chi connectivity index (χ2v) is 6.82. The van der Waals surface area contributed by atoms with Gasteiger partial charge in [-0.25, -0.2) is 8.42 Å². The maximum atomic E-state index is 11.7. The van der Waals surface area contributed by atoms with Gasteiger partial charge in [0.2, 0.25) is 15.9 Å². The molecule has 1 fully saturated rings. The van der Waals surface area contributed by atoms with Gasteiger partial charge in [0.05, 0.1) is 18.1 Å². The van der Waals surface area contributed by atoms with Crippen LogP contribution in [-0.2, 0) is 26.2 Å². The lowest BCUT2D eigenvalue weighted by molar-refractivity contribution is -0.140. The summed E-state index contributed by atoms with van der Waals surface area (Å²) in [5.74, 6) is -2.20. The van der Waals surface area contributed by atoms with E-state index in [1.54, 1.807) is 24.3 Å². The van der Waals surface area contributed by atoms with E-state index in [9.17, 15) is 18.0 Å². The van der Waals surface area contributed by atoms with Gasteiger partial charge in [0.15, 0.2) is 0 Å². The number of anilines is 1. The molecule has 0 radical (unpaired) electrons. The second-order valence-electron chi connectivity index (χ2n) is 5.08. The van der Waals surface area contributed by atoms with Crippen molar-refractivity contribution >= 4 is 27.6 Å². The highest BCUT2D eigenvalue weighted by Gasteiger charge is 2.48. The van der Waals surface area contributed by atoms with Crippen LogP contribution in [0.3, 0.4) is 0 Å². The van der Waals surface area contributed by atoms with Crippen LogP contribution in [0.25, 0.3) is 0 Å². The molecule has 0 aromatic heterocycles. The number of carboxylic acids is 1. The SMILES string of the molecule is CS(=O)(=O)Nc1ccc(CNC(=O)[C@@H]2C[C@@H]2C(=O)O)cc1. The van der Waals surface area contributed by atoms with Gasteiger partial charge in [0.1, 0.15) is 0 Å². The number of carbonyl (C=O) groups excluding carboxylic acids is 1. The summed E-state index contributed by atoms with van der Waals surface area (Å²) in [4.78, 5) is 22.3. The zero-order valence-electron chi connectivity index (χ0n) is 11.4. The lowest BCUT2D eigenvalue weighted by Crippen LogP contribution is -2.25. The van der Waals surface area contributed by atoms with Crippen molar-refractivity contribution in [2.75, 3.05) is 11.0 Å². The Labute approximate surface area is 122 Å². The highest BCUT2D eigenvalue weighted by atomic mass is 32.2. The summed E-state index contributed by atoms with van der Waals surface area (Å²) < 4.78 is 24.4. The monoisotopic (exact) mass is 312 g/mol. The van der Waals surface area contributed by atoms with Crippen molar-refractivity contribution < 1.29 is 23.1 Å². The van der Waals surface area contributed by atoms with Crippen molar-refractivity contribution in [2.45, 2.75) is 13.0 Å². The van der Waals surface area contributed by atoms with Crippen LogP contribution in [0.1, 0.15) is 12.0 Å². The summed E-state index contributed by atoms with van der Waals surface area (Å²) in [5, 5.41) is 11.4. The molecule has 1 saturated carbocycles. The summed E-state index contributed by atoms with van der Waals surface area (Å²) >= 11 is 0. The van der Waals surface area contributed by atoms with Crippen LogP contribution in [0.4, 0.5) is 5.69 Å². The van der Waals surface area contributed by atoms with Gasteiger partial charge >= 0.3 is 5.97 Å². The van der Waals surface area contributed by atoms with Crippen LogP contribution in [0.15, 0.2) is 24.3 Å². The Morgan fingerprint density at radius 2 is 1.86 bits per heavy atom. The van der Waals surface area contributed by atoms with E-state index in [4.69, 9.17) is 5.11 Å². The molecule has 1 aliphatic rings. The first-order chi connectivity index (χ1) is 9.76. The molecule has 1 aromatic carbocycles. The maximum Gasteiger partial charge on any atom is 0.307 e. The predicted octanol–water partition coefficient (Wildman–Crippen LogP) is 0.395. The highest BCUT2D eigenvalue weighted by Crippen LogP contribution is 2.38. The molecular formula is C13H16N2O5S. The quantitative estimate of drug-likeness (QED) is 0.703. The number of amides is 1. The minimum Gasteiger partial charge on any atom is -0.481 e. The van der Waals surface area contributed by atoms with Gasteiger partial charge in [0, 0.05) is 12.2 Å². The summed E-state index contributed by atoms with van der Waals surface area (Å²) in [7, 11) is -3.31. The number of rotatable bonds is 6. The molecule has 8 heteroatoms. The van der Waals surface area contributed by atoms with E-state index in [-0.39, 0.29) is 12.5 Å². The Balaban J connectivity index is 1.84. The second kappa shape index (κ2) is 5.72. The predicted molar refractivity (Wildman–Crippen MR) is 76.0 cm³/mol. The number of benzene rings is 1. The van der Waals surface area contributed by atoms with Crippen molar-refractivity contribution in [3.63, 3.8) is 0 Å². The van der Waals surface area contributed by atoms with Crippen LogP contribution in [-0.4, -0.2) is 31.7 Å². The minimum atomic E-state index is -3.31. The van der Waals surface area contributed by atoms with Gasteiger partial charge in [-0.05, 0) is 24.1 Å². The van der Waals surface area contributed by atoms with Gasteiger partial charge < -0.3 is 10.4 Å². The number of sulfonamides is 1. The first kappa shape index (κ1) is 15.3. The average Bonchev–Trinajstić information content (AvgIpc) is 3.16. The first-order valence-corrected chi connectivity index (χ1v) is 8.22. The van der Waals surface area contributed by atoms with Crippen molar-refractivity contribution in [3.05, 3.63) is 29.8 Å². The van der Waals surface area contributed by atoms with Crippen LogP contribution in [0.5, 0.6) is 0 Å². The molecule has 0 spiro atoms. The Morgan fingerprint density at radius 1 is 1.24 bits per heavy atom. The zero-order valence-corrected chi connectivity index (χ0v) is 12.2. The third kappa shape index (κ3) is 4.45. The van der Waals surface area contributed by atoms with Crippen molar-refractivity contribution in [2.24, 2.45) is 11.8 Å². The molecule has 21 heavy (non-hydrogen) atoms. The van der Waals surface area contributed by atoms with E-state index < -0.39 is 27.8 Å². The van der Waals surface area contributed by atoms with Gasteiger partial charge in [-0.2, -0.15) is 0 Å². The Bertz CT molecular complexity index is 654. The molecule has 2 atom stereocenters. The fourth-order valence-electron chi connectivity index (χ4n) is 1.98. The molecule has 1 amide bonds. The van der Waals surface area contributed by atoms with Crippen molar-refractivity contribution in [1.82, 2.24) is 5.32 Å². The van der Waals surface area contributed by atoms with Gasteiger partial charge in [-0.15, -0.1) is 0 Å². The standard InChI is InChI=1S/C13H16N2O5S/c1-21(19,20)15-9-4-2-8(3-5-9)7-14-12(16)10-6-11(10)13(17)18/h2-5,10-11,15H,6-7H2,1H3,(H,14,16)(H,17,18)/t10-,11+/m1/s1. The molecule has 0 unspecified atom stereocenters. The van der Waals surface area contributed by atoms with E-state index in [0.717, 1.165) is 11.8 Å². The molecule has 2 rings (SSSR count). The molecule has 114 valence electrons. The number of carbonyl (C=O) groups is 2. The third-order valence-corrected chi connectivity index (χ3v) is 3.77. The first-order valence-electron chi connectivity index (χ1n) is 6.33. The third-order valence-electron chi connectivity index (χ3n) is 3.17. The van der Waals surface area contributed by atoms with E-state index in [1.807, 2.05) is 0 Å². The van der Waals surface area contributed by atoms with E-state index in [2.05, 4.69) is 10.0 Å². The number of hydrogen-bond donors (Lipinski definition) is 3. The van der Waals surface area contributed by atoms with E-state index >= 15 is 0 Å². The summed E-state index contributed by atoms with van der Waals surface area (Å²) in [6, 6.07) is 6.57. The average molecular weight is 312 g/mol.